The summed E-state index contributed by atoms with van der Waals surface area (Å²) in [5.41, 5.74) is 2.39. The van der Waals surface area contributed by atoms with Crippen molar-refractivity contribution in [2.75, 3.05) is 0 Å². The Kier molecular flexibility index (Phi) is 5.98. The van der Waals surface area contributed by atoms with Gasteiger partial charge in [-0.1, -0.05) is 32.0 Å². The lowest BCUT2D eigenvalue weighted by atomic mass is 9.93. The Balaban J connectivity index is 1.99. The Bertz CT molecular complexity index is 1270. The maximum absolute atomic E-state index is 14.0. The van der Waals surface area contributed by atoms with Crippen LogP contribution in [0.1, 0.15) is 49.4 Å². The van der Waals surface area contributed by atoms with Crippen molar-refractivity contribution in [3.63, 3.8) is 0 Å². The summed E-state index contributed by atoms with van der Waals surface area (Å²) >= 11 is 0. The minimum Gasteiger partial charge on any atom is -0.458 e. The summed E-state index contributed by atoms with van der Waals surface area (Å²) in [6, 6.07) is 12.0. The molecule has 2 aromatic carbocycles. The number of benzene rings is 2. The molecule has 1 aliphatic rings. The maximum atomic E-state index is 14.0. The van der Waals surface area contributed by atoms with Crippen molar-refractivity contribution >= 4 is 22.8 Å². The van der Waals surface area contributed by atoms with Gasteiger partial charge in [0.15, 0.2) is 0 Å². The van der Waals surface area contributed by atoms with Crippen molar-refractivity contribution in [2.45, 2.75) is 51.7 Å². The summed E-state index contributed by atoms with van der Waals surface area (Å²) in [5.74, 6) is -0.716. The van der Waals surface area contributed by atoms with Crippen LogP contribution in [0.15, 0.2) is 53.3 Å². The number of hydrogen-bond acceptors (Lipinski definition) is 4. The van der Waals surface area contributed by atoms with Gasteiger partial charge in [0.1, 0.15) is 11.9 Å². The molecule has 0 bridgehead atoms. The Morgan fingerprint density at radius 3 is 2.53 bits per heavy atom. The van der Waals surface area contributed by atoms with Crippen molar-refractivity contribution in [3.8, 4) is 5.69 Å². The largest absolute Gasteiger partial charge is 0.458 e. The van der Waals surface area contributed by atoms with Crippen LogP contribution < -0.4 is 5.56 Å². The highest BCUT2D eigenvalue weighted by atomic mass is 19.1. The molecule has 0 amide bonds. The number of aliphatic hydroxyl groups is 1. The zero-order valence-corrected chi connectivity index (χ0v) is 18.3. The number of ether oxygens (including phenoxy) is 1. The fraction of sp³-hybridized carbons (Fsp3) is 0.308. The van der Waals surface area contributed by atoms with Crippen molar-refractivity contribution in [3.05, 3.63) is 81.5 Å². The van der Waals surface area contributed by atoms with Crippen LogP contribution in [0, 0.1) is 12.7 Å². The fourth-order valence-corrected chi connectivity index (χ4v) is 4.31. The lowest BCUT2D eigenvalue weighted by Crippen LogP contribution is -2.31. The second-order valence-electron chi connectivity index (χ2n) is 8.55. The second-order valence-corrected chi connectivity index (χ2v) is 8.55. The van der Waals surface area contributed by atoms with Gasteiger partial charge in [-0.3, -0.25) is 14.2 Å². The van der Waals surface area contributed by atoms with Gasteiger partial charge in [0.25, 0.3) is 5.56 Å². The molecule has 1 fully saturated rings. The smallest absolute Gasteiger partial charge is 0.309 e. The minimum atomic E-state index is -0.756. The summed E-state index contributed by atoms with van der Waals surface area (Å²) in [4.78, 5) is 25.3. The average Bonchev–Trinajstić information content (AvgIpc) is 2.73. The summed E-state index contributed by atoms with van der Waals surface area (Å²) in [6.45, 7) is 5.76. The normalized spacial score (nSPS) is 19.1. The second kappa shape index (κ2) is 8.71. The van der Waals surface area contributed by atoms with Gasteiger partial charge in [0.2, 0.25) is 0 Å². The number of halogens is 1. The molecule has 1 saturated heterocycles. The van der Waals surface area contributed by atoms with Gasteiger partial charge >= 0.3 is 5.97 Å². The van der Waals surface area contributed by atoms with Crippen molar-refractivity contribution in [1.82, 2.24) is 4.57 Å². The number of esters is 1. The van der Waals surface area contributed by atoms with E-state index in [1.54, 1.807) is 41.8 Å². The molecule has 0 unspecified atom stereocenters. The van der Waals surface area contributed by atoms with E-state index in [4.69, 9.17) is 4.74 Å². The van der Waals surface area contributed by atoms with Crippen molar-refractivity contribution in [2.24, 2.45) is 0 Å². The lowest BCUT2D eigenvalue weighted by Gasteiger charge is -2.24. The predicted molar refractivity (Wildman–Crippen MR) is 122 cm³/mol. The zero-order valence-electron chi connectivity index (χ0n) is 18.3. The number of carbonyl (C=O) groups excluding carboxylic acids is 1. The minimum absolute atomic E-state index is 0.0167. The molecule has 0 radical (unpaired) electrons. The number of aryl methyl sites for hydroxylation is 1. The lowest BCUT2D eigenvalue weighted by molar-refractivity contribution is -0.156. The topological polar surface area (TPSA) is 68.5 Å². The van der Waals surface area contributed by atoms with Crippen LogP contribution in [-0.2, 0) is 9.53 Å². The Labute approximate surface area is 185 Å². The Morgan fingerprint density at radius 2 is 1.88 bits per heavy atom. The van der Waals surface area contributed by atoms with E-state index < -0.39 is 18.2 Å². The van der Waals surface area contributed by atoms with Gasteiger partial charge in [0, 0.05) is 17.5 Å². The first-order chi connectivity index (χ1) is 15.3. The van der Waals surface area contributed by atoms with Gasteiger partial charge in [0.05, 0.1) is 18.2 Å². The van der Waals surface area contributed by atoms with Gasteiger partial charge in [-0.25, -0.2) is 4.39 Å². The summed E-state index contributed by atoms with van der Waals surface area (Å²) in [7, 11) is 0. The van der Waals surface area contributed by atoms with Gasteiger partial charge in [-0.15, -0.1) is 0 Å². The van der Waals surface area contributed by atoms with Crippen LogP contribution >= 0.6 is 0 Å². The summed E-state index contributed by atoms with van der Waals surface area (Å²) in [6.07, 6.45) is 2.43. The molecular formula is C26H26FNO4. The number of carbonyl (C=O) groups is 1. The number of nitrogens with zero attached hydrogens (tertiary/aromatic N) is 1. The van der Waals surface area contributed by atoms with E-state index in [0.29, 0.717) is 28.8 Å². The fourth-order valence-electron chi connectivity index (χ4n) is 4.31. The molecule has 0 aliphatic carbocycles. The molecule has 2 atom stereocenters. The molecule has 2 heterocycles. The molecule has 1 N–H and O–H groups in total. The van der Waals surface area contributed by atoms with Gasteiger partial charge < -0.3 is 9.84 Å². The van der Waals surface area contributed by atoms with Gasteiger partial charge in [-0.2, -0.15) is 0 Å². The van der Waals surface area contributed by atoms with Crippen LogP contribution in [0.25, 0.3) is 22.5 Å². The third-order valence-corrected chi connectivity index (χ3v) is 5.80. The third kappa shape index (κ3) is 4.10. The first kappa shape index (κ1) is 22.0. The standard InChI is InChI=1S/C26H26FNO4/c1-15(2)25-20-6-4-5-7-21(20)26(31)28(17-8-10-22(27)16(3)12-17)23(25)11-9-19-13-18(29)14-24(30)32-19/h4-12,15,18-19,29H,13-14H2,1-3H3/b11-9+/t18-,19-/m1/s1. The average molecular weight is 435 g/mol. The monoisotopic (exact) mass is 435 g/mol. The van der Waals surface area contributed by atoms with E-state index in [2.05, 4.69) is 0 Å². The molecule has 3 aromatic rings. The predicted octanol–water partition coefficient (Wildman–Crippen LogP) is 4.64. The Morgan fingerprint density at radius 1 is 1.16 bits per heavy atom. The van der Waals surface area contributed by atoms with E-state index in [-0.39, 0.29) is 23.7 Å². The van der Waals surface area contributed by atoms with E-state index >= 15 is 0 Å². The summed E-state index contributed by atoms with van der Waals surface area (Å²) < 4.78 is 20.9. The van der Waals surface area contributed by atoms with E-state index in [0.717, 1.165) is 10.9 Å². The molecule has 0 spiro atoms. The van der Waals surface area contributed by atoms with Crippen molar-refractivity contribution in [1.29, 1.82) is 0 Å². The number of rotatable bonds is 4. The zero-order chi connectivity index (χ0) is 23.0. The number of fused-ring (bicyclic) bond motifs is 1. The highest BCUT2D eigenvalue weighted by Crippen LogP contribution is 2.30. The van der Waals surface area contributed by atoms with Gasteiger partial charge in [-0.05, 0) is 65.8 Å². The van der Waals surface area contributed by atoms with Crippen LogP contribution in [0.3, 0.4) is 0 Å². The molecule has 6 heteroatoms. The van der Waals surface area contributed by atoms with E-state index in [1.165, 1.54) is 6.07 Å². The van der Waals surface area contributed by atoms with E-state index in [9.17, 15) is 19.1 Å². The maximum Gasteiger partial charge on any atom is 0.309 e. The van der Waals surface area contributed by atoms with E-state index in [1.807, 2.05) is 32.0 Å². The van der Waals surface area contributed by atoms with Crippen LogP contribution in [0.5, 0.6) is 0 Å². The molecular weight excluding hydrogens is 409 g/mol. The number of hydrogen-bond donors (Lipinski definition) is 1. The first-order valence-electron chi connectivity index (χ1n) is 10.8. The van der Waals surface area contributed by atoms with Crippen LogP contribution in [0.4, 0.5) is 4.39 Å². The molecule has 1 aliphatic heterocycles. The van der Waals surface area contributed by atoms with Crippen LogP contribution in [0.2, 0.25) is 0 Å². The molecule has 166 valence electrons. The SMILES string of the molecule is Cc1cc(-n2c(/C=C/[C@@H]3C[C@@H](O)CC(=O)O3)c(C(C)C)c3ccccc3c2=O)ccc1F. The van der Waals surface area contributed by atoms with Crippen molar-refractivity contribution < 1.29 is 19.0 Å². The highest BCUT2D eigenvalue weighted by molar-refractivity contribution is 5.88. The Hall–Kier alpha value is -3.25. The first-order valence-corrected chi connectivity index (χ1v) is 10.8. The third-order valence-electron chi connectivity index (χ3n) is 5.80. The molecule has 5 nitrogen and oxygen atoms in total. The molecule has 0 saturated carbocycles. The number of aromatic nitrogens is 1. The highest BCUT2D eigenvalue weighted by Gasteiger charge is 2.26. The quantitative estimate of drug-likeness (QED) is 0.606. The summed E-state index contributed by atoms with van der Waals surface area (Å²) in [5, 5.41) is 11.4. The molecule has 1 aromatic heterocycles. The number of cyclic esters (lactones) is 1. The molecule has 32 heavy (non-hydrogen) atoms. The molecule has 4 rings (SSSR count). The van der Waals surface area contributed by atoms with Crippen LogP contribution in [-0.4, -0.2) is 27.9 Å². The number of pyridine rings is 1. The number of aliphatic hydroxyl groups excluding tert-OH is 1.